The van der Waals surface area contributed by atoms with E-state index in [-0.39, 0.29) is 31.0 Å². The second-order valence-electron chi connectivity index (χ2n) is 13.3. The second kappa shape index (κ2) is 15.5. The zero-order chi connectivity index (χ0) is 33.6. The number of nitrogens with one attached hydrogen (secondary N) is 3. The first-order chi connectivity index (χ1) is 22.4. The molecule has 0 saturated carbocycles. The molecule has 0 spiro atoms. The molecule has 12 heteroatoms. The number of hydrogen-bond donors (Lipinski definition) is 3. The minimum atomic E-state index is -1.29. The number of likely N-dealkylation sites (tertiary alicyclic amines) is 1. The van der Waals surface area contributed by atoms with Crippen LogP contribution in [0.15, 0.2) is 42.5 Å². The summed E-state index contributed by atoms with van der Waals surface area (Å²) in [4.78, 5) is 42.0. The maximum atomic E-state index is 14.2. The Hall–Kier alpha value is -3.69. The van der Waals surface area contributed by atoms with Crippen LogP contribution in [0.5, 0.6) is 0 Å². The molecule has 0 bridgehead atoms. The minimum absolute atomic E-state index is 0.0708. The van der Waals surface area contributed by atoms with Gasteiger partial charge in [0.1, 0.15) is 17.8 Å². The number of rotatable bonds is 7. The molecule has 3 saturated heterocycles. The molecule has 2 aromatic carbocycles. The normalized spacial score (nSPS) is 23.1. The fourth-order valence-electron chi connectivity index (χ4n) is 5.88. The van der Waals surface area contributed by atoms with Gasteiger partial charge in [-0.15, -0.1) is 0 Å². The van der Waals surface area contributed by atoms with E-state index in [9.17, 15) is 18.8 Å². The largest absolute Gasteiger partial charge is 0.444 e. The predicted molar refractivity (Wildman–Crippen MR) is 177 cm³/mol. The molecule has 252 valence electrons. The van der Waals surface area contributed by atoms with E-state index >= 15 is 0 Å². The van der Waals surface area contributed by atoms with Crippen LogP contribution in [-0.4, -0.2) is 104 Å². The number of carbonyl (C=O) groups is 3. The van der Waals surface area contributed by atoms with Gasteiger partial charge in [-0.3, -0.25) is 19.4 Å². The summed E-state index contributed by atoms with van der Waals surface area (Å²) in [5.74, 6) is 5.55. The summed E-state index contributed by atoms with van der Waals surface area (Å²) in [6, 6.07) is 12.1. The van der Waals surface area contributed by atoms with E-state index in [1.165, 1.54) is 5.56 Å². The fraction of sp³-hybridized carbons (Fsp3) is 0.514. The number of alkyl halides is 1. The summed E-state index contributed by atoms with van der Waals surface area (Å²) in [6.07, 6.45) is -1.51. The van der Waals surface area contributed by atoms with Crippen LogP contribution in [0.25, 0.3) is 0 Å². The van der Waals surface area contributed by atoms with Gasteiger partial charge in [0.2, 0.25) is 5.91 Å². The number of nitrogens with zero attached hydrogens (tertiary/aromatic N) is 2. The number of amides is 3. The van der Waals surface area contributed by atoms with Crippen molar-refractivity contribution in [2.45, 2.75) is 70.1 Å². The Morgan fingerprint density at radius 3 is 2.47 bits per heavy atom. The molecule has 3 N–H and O–H groups in total. The molecule has 2 aromatic rings. The Bertz CT molecular complexity index is 1500. The monoisotopic (exact) mass is 667 g/mol. The number of benzene rings is 2. The van der Waals surface area contributed by atoms with Crippen molar-refractivity contribution in [3.05, 3.63) is 69.7 Å². The van der Waals surface area contributed by atoms with Crippen molar-refractivity contribution >= 4 is 29.5 Å². The first-order valence-corrected chi connectivity index (χ1v) is 16.5. The first-order valence-electron chi connectivity index (χ1n) is 16.1. The van der Waals surface area contributed by atoms with Crippen LogP contribution < -0.4 is 16.0 Å². The number of morpholine rings is 1. The van der Waals surface area contributed by atoms with Gasteiger partial charge in [0.25, 0.3) is 5.91 Å². The van der Waals surface area contributed by atoms with Gasteiger partial charge < -0.3 is 25.4 Å². The van der Waals surface area contributed by atoms with E-state index in [0.29, 0.717) is 35.7 Å². The highest BCUT2D eigenvalue weighted by Gasteiger charge is 2.42. The Balaban J connectivity index is 1.07. The molecule has 10 nitrogen and oxygen atoms in total. The Morgan fingerprint density at radius 2 is 1.77 bits per heavy atom. The minimum Gasteiger partial charge on any atom is -0.444 e. The SMILES string of the molecule is CC(C)(C)OC(=O)N1C[C@@H](F)C[C@H]1C(=O)N[C@H]1CN[C@@H](CNC(=O)c2ccc(C#Cc3ccc(CN4CCOCC4)cc3)cc2Cl)C1. The summed E-state index contributed by atoms with van der Waals surface area (Å²) in [5.41, 5.74) is 2.42. The molecule has 3 amide bonds. The molecular weight excluding hydrogens is 625 g/mol. The molecule has 3 aliphatic rings. The lowest BCUT2D eigenvalue weighted by Gasteiger charge is -2.28. The molecule has 0 unspecified atom stereocenters. The van der Waals surface area contributed by atoms with Crippen LogP contribution in [0.1, 0.15) is 60.7 Å². The average molecular weight is 668 g/mol. The van der Waals surface area contributed by atoms with Gasteiger partial charge >= 0.3 is 6.09 Å². The first kappa shape index (κ1) is 34.6. The van der Waals surface area contributed by atoms with Crippen molar-refractivity contribution < 1.29 is 28.2 Å². The summed E-state index contributed by atoms with van der Waals surface area (Å²) < 4.78 is 25.0. The quantitative estimate of drug-likeness (QED) is 0.388. The highest BCUT2D eigenvalue weighted by atomic mass is 35.5. The third-order valence-corrected chi connectivity index (χ3v) is 8.60. The van der Waals surface area contributed by atoms with Crippen LogP contribution in [0.2, 0.25) is 5.02 Å². The number of halogens is 2. The van der Waals surface area contributed by atoms with Crippen LogP contribution in [0.4, 0.5) is 9.18 Å². The zero-order valence-corrected chi connectivity index (χ0v) is 27.9. The topological polar surface area (TPSA) is 112 Å². The summed E-state index contributed by atoms with van der Waals surface area (Å²) in [5, 5.41) is 9.43. The van der Waals surface area contributed by atoms with Crippen LogP contribution in [0.3, 0.4) is 0 Å². The fourth-order valence-corrected chi connectivity index (χ4v) is 6.15. The smallest absolute Gasteiger partial charge is 0.411 e. The molecule has 0 radical (unpaired) electrons. The molecule has 5 rings (SSSR count). The van der Waals surface area contributed by atoms with E-state index < -0.39 is 29.8 Å². The molecule has 3 fully saturated rings. The van der Waals surface area contributed by atoms with E-state index in [1.54, 1.807) is 39.0 Å². The number of hydrogen-bond acceptors (Lipinski definition) is 7. The van der Waals surface area contributed by atoms with Gasteiger partial charge in [0.05, 0.1) is 30.3 Å². The molecule has 0 aliphatic carbocycles. The van der Waals surface area contributed by atoms with Crippen LogP contribution in [0, 0.1) is 11.8 Å². The van der Waals surface area contributed by atoms with Gasteiger partial charge in [-0.2, -0.15) is 0 Å². The molecule has 3 aliphatic heterocycles. The van der Waals surface area contributed by atoms with Gasteiger partial charge in [0, 0.05) is 62.4 Å². The number of ether oxygens (including phenoxy) is 2. The van der Waals surface area contributed by atoms with Crippen LogP contribution in [-0.2, 0) is 20.8 Å². The van der Waals surface area contributed by atoms with Gasteiger partial charge in [-0.05, 0) is 63.1 Å². The third-order valence-electron chi connectivity index (χ3n) is 8.29. The zero-order valence-electron chi connectivity index (χ0n) is 27.1. The Labute approximate surface area is 280 Å². The van der Waals surface area contributed by atoms with E-state index in [1.807, 2.05) is 12.1 Å². The lowest BCUT2D eigenvalue weighted by Crippen LogP contribution is -2.50. The van der Waals surface area contributed by atoms with Crippen molar-refractivity contribution in [3.8, 4) is 11.8 Å². The van der Waals surface area contributed by atoms with Gasteiger partial charge in [-0.25, -0.2) is 9.18 Å². The lowest BCUT2D eigenvalue weighted by atomic mass is 10.1. The van der Waals surface area contributed by atoms with E-state index in [2.05, 4.69) is 44.8 Å². The van der Waals surface area contributed by atoms with E-state index in [4.69, 9.17) is 21.1 Å². The summed E-state index contributed by atoms with van der Waals surface area (Å²) in [6.45, 7) is 10.1. The maximum absolute atomic E-state index is 14.2. The molecule has 0 aromatic heterocycles. The average Bonchev–Trinajstić information content (AvgIpc) is 3.65. The number of carbonyl (C=O) groups excluding carboxylic acids is 3. The molecule has 47 heavy (non-hydrogen) atoms. The van der Waals surface area contributed by atoms with Crippen molar-refractivity contribution in [1.82, 2.24) is 25.8 Å². The third kappa shape index (κ3) is 9.91. The summed E-state index contributed by atoms with van der Waals surface area (Å²) in [7, 11) is 0. The van der Waals surface area contributed by atoms with Crippen molar-refractivity contribution in [2.24, 2.45) is 0 Å². The molecule has 4 atom stereocenters. The van der Waals surface area contributed by atoms with Gasteiger partial charge in [0.15, 0.2) is 0 Å². The highest BCUT2D eigenvalue weighted by Crippen LogP contribution is 2.24. The van der Waals surface area contributed by atoms with Crippen molar-refractivity contribution in [1.29, 1.82) is 0 Å². The van der Waals surface area contributed by atoms with E-state index in [0.717, 1.165) is 43.3 Å². The van der Waals surface area contributed by atoms with Gasteiger partial charge in [-0.1, -0.05) is 35.6 Å². The van der Waals surface area contributed by atoms with Crippen molar-refractivity contribution in [3.63, 3.8) is 0 Å². The van der Waals surface area contributed by atoms with Crippen LogP contribution >= 0.6 is 11.6 Å². The second-order valence-corrected chi connectivity index (χ2v) is 13.7. The predicted octanol–water partition coefficient (Wildman–Crippen LogP) is 3.50. The standard InChI is InChI=1S/C35H43ClFN5O5/c1-35(2,3)47-34(45)42-22-26(37)17-31(42)33(44)40-28-18-27(38-20-28)19-39-32(43)29-11-10-24(16-30(29)36)7-4-23-5-8-25(9-6-23)21-41-12-14-46-15-13-41/h5-6,8-11,16,26-28,31,38H,12-15,17-22H2,1-3H3,(H,39,43)(H,40,44)/t26-,27+,28+,31-/m0/s1. The summed E-state index contributed by atoms with van der Waals surface area (Å²) >= 11 is 6.47. The highest BCUT2D eigenvalue weighted by molar-refractivity contribution is 6.34. The Kier molecular flexibility index (Phi) is 11.4. The lowest BCUT2D eigenvalue weighted by molar-refractivity contribution is -0.126. The maximum Gasteiger partial charge on any atom is 0.411 e. The molecule has 3 heterocycles. The molecular formula is C35H43ClFN5O5. The van der Waals surface area contributed by atoms with Crippen molar-refractivity contribution in [2.75, 3.05) is 45.9 Å². The Morgan fingerprint density at radius 1 is 1.06 bits per heavy atom.